The molecule has 5 nitrogen and oxygen atoms in total. The van der Waals surface area contributed by atoms with E-state index in [1.807, 2.05) is 0 Å². The van der Waals surface area contributed by atoms with E-state index in [4.69, 9.17) is 0 Å². The molecular weight excluding hydrogens is 168 g/mol. The molecule has 1 atom stereocenters. The number of aryl methyl sites for hydroxylation is 1. The smallest absolute Gasteiger partial charge is 0.140 e. The highest BCUT2D eigenvalue weighted by Gasteiger charge is 2.13. The van der Waals surface area contributed by atoms with Crippen molar-refractivity contribution in [3.8, 4) is 0 Å². The van der Waals surface area contributed by atoms with E-state index in [-0.39, 0.29) is 0 Å². The summed E-state index contributed by atoms with van der Waals surface area (Å²) in [5.41, 5.74) is 0.734. The van der Waals surface area contributed by atoms with Gasteiger partial charge in [-0.05, 0) is 0 Å². The molecule has 13 heavy (non-hydrogen) atoms. The van der Waals surface area contributed by atoms with E-state index in [2.05, 4.69) is 15.1 Å². The molecule has 2 rings (SSSR count). The van der Waals surface area contributed by atoms with Crippen molar-refractivity contribution < 1.29 is 5.11 Å². The summed E-state index contributed by atoms with van der Waals surface area (Å²) in [6.45, 7) is 0. The lowest BCUT2D eigenvalue weighted by molar-refractivity contribution is 0.211. The number of rotatable bonds is 2. The van der Waals surface area contributed by atoms with Crippen molar-refractivity contribution in [1.82, 2.24) is 19.7 Å². The van der Waals surface area contributed by atoms with Crippen LogP contribution in [0.1, 0.15) is 17.5 Å². The Morgan fingerprint density at radius 1 is 1.62 bits per heavy atom. The largest absolute Gasteiger partial charge is 0.380 e. The highest BCUT2D eigenvalue weighted by atomic mass is 16.3. The Morgan fingerprint density at radius 2 is 2.46 bits per heavy atom. The van der Waals surface area contributed by atoms with Crippen molar-refractivity contribution in [3.05, 3.63) is 36.2 Å². The Labute approximate surface area is 75.0 Å². The number of aliphatic hydroxyl groups is 1. The van der Waals surface area contributed by atoms with Crippen molar-refractivity contribution in [1.29, 1.82) is 0 Å². The molecule has 5 heteroatoms. The minimum Gasteiger partial charge on any atom is -0.380 e. The zero-order valence-corrected chi connectivity index (χ0v) is 7.18. The Hall–Kier alpha value is -1.62. The molecule has 0 aliphatic heterocycles. The predicted molar refractivity (Wildman–Crippen MR) is 45.9 cm³/mol. The van der Waals surface area contributed by atoms with Crippen molar-refractivity contribution >= 4 is 0 Å². The summed E-state index contributed by atoms with van der Waals surface area (Å²) >= 11 is 0. The van der Waals surface area contributed by atoms with Crippen LogP contribution in [0.25, 0.3) is 0 Å². The van der Waals surface area contributed by atoms with Gasteiger partial charge in [-0.3, -0.25) is 4.68 Å². The fourth-order valence-electron chi connectivity index (χ4n) is 1.17. The van der Waals surface area contributed by atoms with Gasteiger partial charge in [-0.1, -0.05) is 0 Å². The molecule has 0 saturated carbocycles. The maximum absolute atomic E-state index is 9.75. The summed E-state index contributed by atoms with van der Waals surface area (Å²) < 4.78 is 1.64. The first kappa shape index (κ1) is 8.00. The Bertz CT molecular complexity index is 379. The molecular formula is C8H10N4O. The number of nitrogens with zero attached hydrogens (tertiary/aromatic N) is 3. The number of aromatic nitrogens is 4. The average molecular weight is 178 g/mol. The van der Waals surface area contributed by atoms with Gasteiger partial charge in [0.15, 0.2) is 0 Å². The zero-order valence-electron chi connectivity index (χ0n) is 7.18. The second-order valence-corrected chi connectivity index (χ2v) is 2.82. The van der Waals surface area contributed by atoms with Crippen LogP contribution in [0.3, 0.4) is 0 Å². The Kier molecular flexibility index (Phi) is 1.86. The number of aromatic amines is 1. The zero-order chi connectivity index (χ0) is 9.26. The normalized spacial score (nSPS) is 13.1. The molecule has 1 unspecified atom stereocenters. The third-order valence-electron chi connectivity index (χ3n) is 1.82. The third-order valence-corrected chi connectivity index (χ3v) is 1.82. The van der Waals surface area contributed by atoms with Crippen molar-refractivity contribution in [2.75, 3.05) is 0 Å². The minimum absolute atomic E-state index is 0.535. The van der Waals surface area contributed by atoms with Gasteiger partial charge in [0.25, 0.3) is 0 Å². The molecule has 2 heterocycles. The van der Waals surface area contributed by atoms with Crippen LogP contribution in [-0.2, 0) is 7.05 Å². The molecule has 2 aromatic rings. The monoisotopic (exact) mass is 178 g/mol. The van der Waals surface area contributed by atoms with Gasteiger partial charge in [0.05, 0.1) is 6.20 Å². The van der Waals surface area contributed by atoms with Crippen LogP contribution in [0, 0.1) is 0 Å². The molecule has 0 aromatic carbocycles. The molecule has 0 fully saturated rings. The maximum atomic E-state index is 9.75. The highest BCUT2D eigenvalue weighted by molar-refractivity contribution is 5.15. The molecule has 0 spiro atoms. The summed E-state index contributed by atoms with van der Waals surface area (Å²) in [7, 11) is 1.80. The van der Waals surface area contributed by atoms with Crippen LogP contribution in [0.5, 0.6) is 0 Å². The standard InChI is InChI=1S/C8H10N4O/c1-12-5-6(4-11-12)7(13)8-9-2-3-10-8/h2-5,7,13H,1H3,(H,9,10). The SMILES string of the molecule is Cn1cc(C(O)c2ncc[nH]2)cn1. The minimum atomic E-state index is -0.719. The fraction of sp³-hybridized carbons (Fsp3) is 0.250. The lowest BCUT2D eigenvalue weighted by atomic mass is 10.2. The van der Waals surface area contributed by atoms with Gasteiger partial charge >= 0.3 is 0 Å². The molecule has 2 N–H and O–H groups in total. The molecule has 2 aromatic heterocycles. The number of nitrogens with one attached hydrogen (secondary N) is 1. The number of hydrogen-bond donors (Lipinski definition) is 2. The first-order chi connectivity index (χ1) is 6.27. The highest BCUT2D eigenvalue weighted by Crippen LogP contribution is 2.16. The predicted octanol–water partition coefficient (Wildman–Crippen LogP) is 0.225. The van der Waals surface area contributed by atoms with E-state index in [1.165, 1.54) is 0 Å². The van der Waals surface area contributed by atoms with E-state index in [0.29, 0.717) is 5.82 Å². The van der Waals surface area contributed by atoms with E-state index >= 15 is 0 Å². The van der Waals surface area contributed by atoms with E-state index in [1.54, 1.807) is 36.5 Å². The van der Waals surface area contributed by atoms with Gasteiger partial charge in [-0.2, -0.15) is 5.10 Å². The first-order valence-electron chi connectivity index (χ1n) is 3.93. The molecule has 0 saturated heterocycles. The van der Waals surface area contributed by atoms with Crippen molar-refractivity contribution in [2.45, 2.75) is 6.10 Å². The summed E-state index contributed by atoms with van der Waals surface area (Å²) in [6, 6.07) is 0. The van der Waals surface area contributed by atoms with Crippen LogP contribution >= 0.6 is 0 Å². The average Bonchev–Trinajstić information content (AvgIpc) is 2.72. The lowest BCUT2D eigenvalue weighted by Gasteiger charge is -2.02. The Morgan fingerprint density at radius 3 is 3.00 bits per heavy atom. The lowest BCUT2D eigenvalue weighted by Crippen LogP contribution is -2.00. The molecule has 0 amide bonds. The molecule has 0 aliphatic rings. The second-order valence-electron chi connectivity index (χ2n) is 2.82. The van der Waals surface area contributed by atoms with Crippen LogP contribution in [0.2, 0.25) is 0 Å². The van der Waals surface area contributed by atoms with Gasteiger partial charge in [0.1, 0.15) is 11.9 Å². The quantitative estimate of drug-likeness (QED) is 0.691. The fourth-order valence-corrected chi connectivity index (χ4v) is 1.17. The second kappa shape index (κ2) is 3.02. The van der Waals surface area contributed by atoms with Crippen molar-refractivity contribution in [3.63, 3.8) is 0 Å². The van der Waals surface area contributed by atoms with E-state index < -0.39 is 6.10 Å². The summed E-state index contributed by atoms with van der Waals surface area (Å²) in [6.07, 6.45) is 5.94. The van der Waals surface area contributed by atoms with Crippen LogP contribution in [-0.4, -0.2) is 24.9 Å². The molecule has 0 aliphatic carbocycles. The number of hydrogen-bond acceptors (Lipinski definition) is 3. The third kappa shape index (κ3) is 1.46. The van der Waals surface area contributed by atoms with Crippen molar-refractivity contribution in [2.24, 2.45) is 7.05 Å². The number of aliphatic hydroxyl groups excluding tert-OH is 1. The summed E-state index contributed by atoms with van der Waals surface area (Å²) in [5, 5.41) is 13.7. The van der Waals surface area contributed by atoms with Crippen LogP contribution < -0.4 is 0 Å². The first-order valence-corrected chi connectivity index (χ1v) is 3.93. The summed E-state index contributed by atoms with van der Waals surface area (Å²) in [4.78, 5) is 6.81. The van der Waals surface area contributed by atoms with Gasteiger partial charge in [-0.15, -0.1) is 0 Å². The number of imidazole rings is 1. The van der Waals surface area contributed by atoms with Crippen LogP contribution in [0.15, 0.2) is 24.8 Å². The van der Waals surface area contributed by atoms with Gasteiger partial charge in [-0.25, -0.2) is 4.98 Å². The maximum Gasteiger partial charge on any atom is 0.140 e. The molecule has 0 radical (unpaired) electrons. The van der Waals surface area contributed by atoms with Gasteiger partial charge < -0.3 is 10.1 Å². The van der Waals surface area contributed by atoms with Gasteiger partial charge in [0, 0.05) is 31.2 Å². The van der Waals surface area contributed by atoms with Crippen LogP contribution in [0.4, 0.5) is 0 Å². The molecule has 68 valence electrons. The summed E-state index contributed by atoms with van der Waals surface area (Å²) in [5.74, 6) is 0.535. The van der Waals surface area contributed by atoms with E-state index in [9.17, 15) is 5.11 Å². The van der Waals surface area contributed by atoms with Gasteiger partial charge in [0.2, 0.25) is 0 Å². The Balaban J connectivity index is 2.28. The number of H-pyrrole nitrogens is 1. The van der Waals surface area contributed by atoms with E-state index in [0.717, 1.165) is 5.56 Å². The topological polar surface area (TPSA) is 66.7 Å². The molecule has 0 bridgehead atoms.